The van der Waals surface area contributed by atoms with E-state index in [0.717, 1.165) is 18.9 Å². The Balaban J connectivity index is 1.85. The minimum Gasteiger partial charge on any atom is -0.365 e. The van der Waals surface area contributed by atoms with Crippen LogP contribution < -0.4 is 10.9 Å². The fraction of sp³-hybridized carbons (Fsp3) is 0.667. The van der Waals surface area contributed by atoms with Gasteiger partial charge in [-0.1, -0.05) is 12.8 Å². The van der Waals surface area contributed by atoms with Gasteiger partial charge in [-0.05, 0) is 25.7 Å². The monoisotopic (exact) mass is 221 g/mol. The first kappa shape index (κ1) is 11.2. The molecule has 4 heteroatoms. The molecule has 1 aliphatic carbocycles. The lowest BCUT2D eigenvalue weighted by molar-refractivity contribution is 0.681. The molecule has 0 spiro atoms. The highest BCUT2D eigenvalue weighted by Crippen LogP contribution is 2.33. The van der Waals surface area contributed by atoms with Gasteiger partial charge in [-0.25, -0.2) is 4.98 Å². The van der Waals surface area contributed by atoms with Crippen LogP contribution >= 0.6 is 0 Å². The number of nitrogens with zero attached hydrogens (tertiary/aromatic N) is 2. The molecule has 1 aliphatic rings. The molecule has 88 valence electrons. The summed E-state index contributed by atoms with van der Waals surface area (Å²) in [6.45, 7) is 3.50. The second kappa shape index (κ2) is 5.14. The van der Waals surface area contributed by atoms with Crippen molar-refractivity contribution < 1.29 is 0 Å². The van der Waals surface area contributed by atoms with Crippen LogP contribution in [0.4, 0.5) is 5.82 Å². The van der Waals surface area contributed by atoms with Crippen molar-refractivity contribution in [1.82, 2.24) is 9.55 Å². The molecule has 2 rings (SSSR count). The number of anilines is 1. The van der Waals surface area contributed by atoms with Gasteiger partial charge in [0.15, 0.2) is 5.82 Å². The van der Waals surface area contributed by atoms with E-state index in [1.807, 2.05) is 6.92 Å². The Morgan fingerprint density at radius 1 is 1.56 bits per heavy atom. The van der Waals surface area contributed by atoms with Crippen molar-refractivity contribution in [3.63, 3.8) is 0 Å². The molecular weight excluding hydrogens is 202 g/mol. The van der Waals surface area contributed by atoms with Crippen molar-refractivity contribution >= 4 is 5.82 Å². The van der Waals surface area contributed by atoms with Gasteiger partial charge in [0.1, 0.15) is 0 Å². The lowest BCUT2D eigenvalue weighted by Crippen LogP contribution is -2.24. The van der Waals surface area contributed by atoms with E-state index < -0.39 is 0 Å². The maximum absolute atomic E-state index is 11.8. The van der Waals surface area contributed by atoms with E-state index in [-0.39, 0.29) is 5.56 Å². The minimum atomic E-state index is -0.0172. The summed E-state index contributed by atoms with van der Waals surface area (Å²) < 4.78 is 1.66. The molecule has 0 atom stereocenters. The van der Waals surface area contributed by atoms with Gasteiger partial charge in [0.05, 0.1) is 0 Å². The average molecular weight is 221 g/mol. The summed E-state index contributed by atoms with van der Waals surface area (Å²) in [4.78, 5) is 15.9. The molecule has 1 aromatic rings. The van der Waals surface area contributed by atoms with Gasteiger partial charge in [-0.15, -0.1) is 0 Å². The van der Waals surface area contributed by atoms with Crippen molar-refractivity contribution in [2.75, 3.05) is 11.9 Å². The first-order chi connectivity index (χ1) is 7.81. The van der Waals surface area contributed by atoms with Crippen LogP contribution in [0.3, 0.4) is 0 Å². The van der Waals surface area contributed by atoms with E-state index in [0.29, 0.717) is 12.4 Å². The first-order valence-electron chi connectivity index (χ1n) is 6.10. The van der Waals surface area contributed by atoms with Gasteiger partial charge in [-0.3, -0.25) is 4.79 Å². The highest BCUT2D eigenvalue weighted by molar-refractivity contribution is 5.30. The third kappa shape index (κ3) is 2.84. The van der Waals surface area contributed by atoms with Gasteiger partial charge in [0.2, 0.25) is 0 Å². The van der Waals surface area contributed by atoms with E-state index in [4.69, 9.17) is 0 Å². The van der Waals surface area contributed by atoms with Gasteiger partial charge < -0.3 is 9.88 Å². The molecule has 4 nitrogen and oxygen atoms in total. The first-order valence-corrected chi connectivity index (χ1v) is 6.10. The molecule has 0 unspecified atom stereocenters. The van der Waals surface area contributed by atoms with Gasteiger partial charge >= 0.3 is 0 Å². The minimum absolute atomic E-state index is 0.0172. The lowest BCUT2D eigenvalue weighted by atomic mass is 10.2. The third-order valence-corrected chi connectivity index (χ3v) is 3.03. The zero-order valence-corrected chi connectivity index (χ0v) is 9.78. The molecule has 0 aromatic carbocycles. The Kier molecular flexibility index (Phi) is 3.59. The fourth-order valence-electron chi connectivity index (χ4n) is 1.82. The molecule has 1 aromatic heterocycles. The molecule has 1 fully saturated rings. The van der Waals surface area contributed by atoms with Crippen molar-refractivity contribution in [2.45, 2.75) is 39.2 Å². The molecule has 1 N–H and O–H groups in total. The summed E-state index contributed by atoms with van der Waals surface area (Å²) in [5, 5.41) is 3.13. The van der Waals surface area contributed by atoms with Crippen LogP contribution in [0.5, 0.6) is 0 Å². The van der Waals surface area contributed by atoms with Crippen LogP contribution in [-0.2, 0) is 6.54 Å². The van der Waals surface area contributed by atoms with E-state index in [1.54, 1.807) is 17.0 Å². The van der Waals surface area contributed by atoms with E-state index >= 15 is 0 Å². The van der Waals surface area contributed by atoms with E-state index in [2.05, 4.69) is 10.3 Å². The zero-order chi connectivity index (χ0) is 11.4. The second-order valence-corrected chi connectivity index (χ2v) is 4.38. The third-order valence-electron chi connectivity index (χ3n) is 3.03. The maximum atomic E-state index is 11.8. The highest BCUT2D eigenvalue weighted by Gasteiger charge is 2.19. The van der Waals surface area contributed by atoms with Gasteiger partial charge in [-0.2, -0.15) is 0 Å². The summed E-state index contributed by atoms with van der Waals surface area (Å²) >= 11 is 0. The second-order valence-electron chi connectivity index (χ2n) is 4.38. The molecule has 0 saturated heterocycles. The molecule has 1 saturated carbocycles. The lowest BCUT2D eigenvalue weighted by Gasteiger charge is -2.06. The molecule has 0 aliphatic heterocycles. The van der Waals surface area contributed by atoms with Crippen molar-refractivity contribution in [3.8, 4) is 0 Å². The number of aryl methyl sites for hydroxylation is 1. The van der Waals surface area contributed by atoms with Crippen LogP contribution in [-0.4, -0.2) is 16.1 Å². The largest absolute Gasteiger partial charge is 0.365 e. The van der Waals surface area contributed by atoms with Crippen molar-refractivity contribution in [3.05, 3.63) is 22.7 Å². The quantitative estimate of drug-likeness (QED) is 0.746. The molecule has 1 heterocycles. The van der Waals surface area contributed by atoms with E-state index in [9.17, 15) is 4.79 Å². The predicted octanol–water partition coefficient (Wildman–Crippen LogP) is 1.87. The Morgan fingerprint density at radius 2 is 2.38 bits per heavy atom. The summed E-state index contributed by atoms with van der Waals surface area (Å²) in [6, 6.07) is 0. The van der Waals surface area contributed by atoms with Crippen LogP contribution in [0.2, 0.25) is 0 Å². The molecular formula is C12H19N3O. The standard InChI is InChI=1S/C12H19N3O/c1-2-15-9-8-14-11(12(15)16)13-7-3-4-10-5-6-10/h8-10H,2-7H2,1H3,(H,13,14). The summed E-state index contributed by atoms with van der Waals surface area (Å²) in [7, 11) is 0. The topological polar surface area (TPSA) is 46.9 Å². The van der Waals surface area contributed by atoms with Crippen LogP contribution in [0.15, 0.2) is 17.2 Å². The predicted molar refractivity (Wildman–Crippen MR) is 64.6 cm³/mol. The Labute approximate surface area is 95.7 Å². The number of rotatable bonds is 6. The highest BCUT2D eigenvalue weighted by atomic mass is 16.1. The summed E-state index contributed by atoms with van der Waals surface area (Å²) in [5.41, 5.74) is -0.0172. The van der Waals surface area contributed by atoms with Gasteiger partial charge in [0, 0.05) is 25.5 Å². The number of aromatic nitrogens is 2. The normalized spacial score (nSPS) is 15.1. The van der Waals surface area contributed by atoms with Crippen molar-refractivity contribution in [2.24, 2.45) is 5.92 Å². The summed E-state index contributed by atoms with van der Waals surface area (Å²) in [5.74, 6) is 1.44. The smallest absolute Gasteiger partial charge is 0.293 e. The molecule has 0 bridgehead atoms. The molecule has 16 heavy (non-hydrogen) atoms. The maximum Gasteiger partial charge on any atom is 0.293 e. The SMILES string of the molecule is CCn1ccnc(NCCCC2CC2)c1=O. The Morgan fingerprint density at radius 3 is 3.06 bits per heavy atom. The Hall–Kier alpha value is -1.32. The van der Waals surface area contributed by atoms with Crippen molar-refractivity contribution in [1.29, 1.82) is 0 Å². The van der Waals surface area contributed by atoms with E-state index in [1.165, 1.54) is 19.3 Å². The average Bonchev–Trinajstić information content (AvgIpc) is 3.10. The molecule has 0 amide bonds. The number of hydrogen-bond acceptors (Lipinski definition) is 3. The number of nitrogens with one attached hydrogen (secondary N) is 1. The van der Waals surface area contributed by atoms with Gasteiger partial charge in [0.25, 0.3) is 5.56 Å². The van der Waals surface area contributed by atoms with Crippen LogP contribution in [0.25, 0.3) is 0 Å². The van der Waals surface area contributed by atoms with Crippen LogP contribution in [0.1, 0.15) is 32.6 Å². The number of hydrogen-bond donors (Lipinski definition) is 1. The fourth-order valence-corrected chi connectivity index (χ4v) is 1.82. The zero-order valence-electron chi connectivity index (χ0n) is 9.78. The summed E-state index contributed by atoms with van der Waals surface area (Å²) in [6.07, 6.45) is 8.60. The van der Waals surface area contributed by atoms with Crippen LogP contribution in [0, 0.1) is 5.92 Å². The Bertz CT molecular complexity index is 395. The molecule has 0 radical (unpaired) electrons.